The predicted molar refractivity (Wildman–Crippen MR) is 138 cm³/mol. The number of rotatable bonds is 3. The van der Waals surface area contributed by atoms with Crippen molar-refractivity contribution in [2.24, 2.45) is 4.99 Å². The summed E-state index contributed by atoms with van der Waals surface area (Å²) >= 11 is 12.6. The van der Waals surface area contributed by atoms with Crippen LogP contribution < -0.4 is 4.90 Å². The van der Waals surface area contributed by atoms with Crippen LogP contribution in [0.2, 0.25) is 10.0 Å². The molecule has 0 aromatic heterocycles. The lowest BCUT2D eigenvalue weighted by atomic mass is 9.88. The monoisotopic (exact) mass is 529 g/mol. The van der Waals surface area contributed by atoms with Gasteiger partial charge in [0.05, 0.1) is 24.9 Å². The third-order valence-corrected chi connectivity index (χ3v) is 6.80. The topological polar surface area (TPSA) is 88.5 Å². The largest absolute Gasteiger partial charge is 0.466 e. The Labute approximate surface area is 219 Å². The van der Waals surface area contributed by atoms with Crippen molar-refractivity contribution in [3.63, 3.8) is 0 Å². The van der Waals surface area contributed by atoms with Crippen molar-refractivity contribution in [1.29, 1.82) is 0 Å². The van der Waals surface area contributed by atoms with E-state index in [0.717, 1.165) is 7.11 Å². The van der Waals surface area contributed by atoms with Gasteiger partial charge in [0.25, 0.3) is 5.91 Å². The quantitative estimate of drug-likeness (QED) is 0.428. The highest BCUT2D eigenvalue weighted by molar-refractivity contribution is 6.37. The number of carbonyl (C=O) groups excluding carboxylic acids is 3. The zero-order valence-corrected chi connectivity index (χ0v) is 22.2. The molecule has 1 atom stereocenters. The molecular weight excluding hydrogens is 505 g/mol. The summed E-state index contributed by atoms with van der Waals surface area (Å²) in [5, 5.41) is 0.707. The van der Waals surface area contributed by atoms with E-state index in [-0.39, 0.29) is 10.6 Å². The first-order valence-electron chi connectivity index (χ1n) is 11.0. The summed E-state index contributed by atoms with van der Waals surface area (Å²) in [7, 11) is 4.08. The molecular formula is C26H25Cl2N3O5. The van der Waals surface area contributed by atoms with Crippen LogP contribution in [0.1, 0.15) is 26.3 Å². The normalized spacial score (nSPS) is 20.4. The number of esters is 2. The van der Waals surface area contributed by atoms with Crippen LogP contribution in [0.15, 0.2) is 58.6 Å². The highest BCUT2D eigenvalue weighted by Crippen LogP contribution is 2.52. The van der Waals surface area contributed by atoms with Gasteiger partial charge in [0.2, 0.25) is 0 Å². The van der Waals surface area contributed by atoms with Gasteiger partial charge in [-0.1, -0.05) is 41.4 Å². The van der Waals surface area contributed by atoms with Crippen molar-refractivity contribution in [3.8, 4) is 0 Å². The molecule has 0 aliphatic carbocycles. The molecule has 1 amide bonds. The van der Waals surface area contributed by atoms with Crippen molar-refractivity contribution in [1.82, 2.24) is 4.90 Å². The summed E-state index contributed by atoms with van der Waals surface area (Å²) in [6.45, 7) is 5.43. The fraction of sp³-hybridized carbons (Fsp3) is 0.308. The molecule has 0 radical (unpaired) electrons. The van der Waals surface area contributed by atoms with Crippen LogP contribution in [0.5, 0.6) is 0 Å². The number of nitrogens with zero attached hydrogens (tertiary/aromatic N) is 3. The van der Waals surface area contributed by atoms with Crippen LogP contribution in [0.4, 0.5) is 11.4 Å². The number of hydrogen-bond donors (Lipinski definition) is 0. The lowest BCUT2D eigenvalue weighted by Crippen LogP contribution is -2.67. The minimum absolute atomic E-state index is 0.181. The van der Waals surface area contributed by atoms with Crippen molar-refractivity contribution in [3.05, 3.63) is 69.2 Å². The van der Waals surface area contributed by atoms with E-state index in [4.69, 9.17) is 37.7 Å². The molecule has 2 aromatic rings. The van der Waals surface area contributed by atoms with Crippen LogP contribution in [0.3, 0.4) is 0 Å². The lowest BCUT2D eigenvalue weighted by molar-refractivity contribution is -0.141. The van der Waals surface area contributed by atoms with E-state index in [9.17, 15) is 14.4 Å². The Morgan fingerprint density at radius 1 is 1.00 bits per heavy atom. The van der Waals surface area contributed by atoms with Crippen molar-refractivity contribution < 1.29 is 23.9 Å². The zero-order valence-electron chi connectivity index (χ0n) is 20.7. The van der Waals surface area contributed by atoms with E-state index >= 15 is 0 Å². The minimum atomic E-state index is -1.64. The first-order chi connectivity index (χ1) is 16.9. The summed E-state index contributed by atoms with van der Waals surface area (Å²) in [5.41, 5.74) is -1.07. The number of para-hydroxylation sites is 1. The van der Waals surface area contributed by atoms with Gasteiger partial charge in [0.1, 0.15) is 16.9 Å². The fourth-order valence-electron chi connectivity index (χ4n) is 4.94. The molecule has 2 heterocycles. The Balaban J connectivity index is 2.21. The van der Waals surface area contributed by atoms with Gasteiger partial charge in [0.15, 0.2) is 5.66 Å². The molecule has 10 heteroatoms. The predicted octanol–water partition coefficient (Wildman–Crippen LogP) is 4.54. The van der Waals surface area contributed by atoms with Gasteiger partial charge in [-0.2, -0.15) is 0 Å². The number of carbonyl (C=O) groups is 3. The molecule has 188 valence electrons. The second kappa shape index (κ2) is 8.94. The Kier molecular flexibility index (Phi) is 6.39. The second-order valence-corrected chi connectivity index (χ2v) is 10.2. The van der Waals surface area contributed by atoms with Gasteiger partial charge in [0, 0.05) is 28.9 Å². The van der Waals surface area contributed by atoms with Gasteiger partial charge >= 0.3 is 11.9 Å². The van der Waals surface area contributed by atoms with Crippen LogP contribution in [0, 0.1) is 0 Å². The molecule has 0 saturated carbocycles. The average Bonchev–Trinajstić information content (AvgIpc) is 3.24. The van der Waals surface area contributed by atoms with Crippen LogP contribution >= 0.6 is 23.2 Å². The van der Waals surface area contributed by atoms with E-state index in [1.54, 1.807) is 30.1 Å². The Morgan fingerprint density at radius 3 is 2.22 bits per heavy atom. The average molecular weight is 530 g/mol. The molecule has 1 spiro atoms. The number of amides is 1. The number of halogens is 2. The van der Waals surface area contributed by atoms with E-state index < -0.39 is 34.6 Å². The van der Waals surface area contributed by atoms with E-state index in [0.29, 0.717) is 27.7 Å². The van der Waals surface area contributed by atoms with Gasteiger partial charge in [-0.05, 0) is 45.0 Å². The van der Waals surface area contributed by atoms with Gasteiger partial charge in [-0.15, -0.1) is 0 Å². The maximum Gasteiger partial charge on any atom is 0.344 e. The number of ether oxygens (including phenoxy) is 2. The second-order valence-electron chi connectivity index (χ2n) is 9.35. The van der Waals surface area contributed by atoms with Crippen LogP contribution in [-0.2, 0) is 23.9 Å². The smallest absolute Gasteiger partial charge is 0.344 e. The van der Waals surface area contributed by atoms with E-state index in [1.165, 1.54) is 12.0 Å². The van der Waals surface area contributed by atoms with Gasteiger partial charge < -0.3 is 19.3 Å². The molecule has 0 fully saturated rings. The molecule has 1 unspecified atom stereocenters. The fourth-order valence-corrected chi connectivity index (χ4v) is 5.39. The minimum Gasteiger partial charge on any atom is -0.466 e. The molecule has 2 aliphatic heterocycles. The lowest BCUT2D eigenvalue weighted by Gasteiger charge is -2.49. The van der Waals surface area contributed by atoms with Crippen LogP contribution in [0.25, 0.3) is 0 Å². The van der Waals surface area contributed by atoms with Crippen molar-refractivity contribution in [2.45, 2.75) is 32.0 Å². The highest BCUT2D eigenvalue weighted by atomic mass is 35.5. The number of aliphatic imine (C=N–C) groups is 1. The molecule has 2 aliphatic rings. The number of likely N-dealkylation sites (N-methyl/N-ethyl adjacent to an activating group) is 1. The Hall–Kier alpha value is -3.36. The Morgan fingerprint density at radius 2 is 1.64 bits per heavy atom. The van der Waals surface area contributed by atoms with E-state index in [1.807, 2.05) is 45.0 Å². The van der Waals surface area contributed by atoms with Crippen LogP contribution in [-0.4, -0.2) is 60.9 Å². The van der Waals surface area contributed by atoms with Crippen molar-refractivity contribution >= 4 is 58.1 Å². The molecule has 36 heavy (non-hydrogen) atoms. The maximum atomic E-state index is 14.0. The first kappa shape index (κ1) is 25.7. The molecule has 2 aromatic carbocycles. The maximum absolute atomic E-state index is 14.0. The number of anilines is 1. The molecule has 4 rings (SSSR count). The standard InChI is InChI=1S/C26H25Cl2N3O5/c1-25(2,3)31-22(32)19(23(33)35-5)20(24(34)36-6)26(31)21(15-9-7-8-10-18(15)30(26)4)29-17-12-11-14(27)13-16(17)28/h7-13H,1-6H3. The molecule has 0 bridgehead atoms. The highest BCUT2D eigenvalue weighted by Gasteiger charge is 2.67. The van der Waals surface area contributed by atoms with E-state index in [2.05, 4.69) is 0 Å². The number of benzene rings is 2. The van der Waals surface area contributed by atoms with Gasteiger partial charge in [-0.25, -0.2) is 14.6 Å². The summed E-state index contributed by atoms with van der Waals surface area (Å²) in [6.07, 6.45) is 0. The molecule has 0 saturated heterocycles. The number of hydrogen-bond acceptors (Lipinski definition) is 7. The van der Waals surface area contributed by atoms with Gasteiger partial charge in [-0.3, -0.25) is 4.79 Å². The summed E-state index contributed by atoms with van der Waals surface area (Å²) in [5.74, 6) is -2.48. The number of methoxy groups -OCH3 is 2. The summed E-state index contributed by atoms with van der Waals surface area (Å²) in [4.78, 5) is 48.5. The SMILES string of the molecule is COC(=O)C1=C(C(=O)OC)C2(C(=Nc3ccc(Cl)cc3Cl)c3ccccc3N2C)N(C(C)(C)C)C1=O. The molecule has 8 nitrogen and oxygen atoms in total. The summed E-state index contributed by atoms with van der Waals surface area (Å²) in [6, 6.07) is 12.2. The zero-order chi connectivity index (χ0) is 26.6. The Bertz CT molecular complexity index is 1360. The molecule has 0 N–H and O–H groups in total. The first-order valence-corrected chi connectivity index (χ1v) is 11.8. The third-order valence-electron chi connectivity index (χ3n) is 6.27. The summed E-state index contributed by atoms with van der Waals surface area (Å²) < 4.78 is 10.1. The van der Waals surface area contributed by atoms with Crippen molar-refractivity contribution in [2.75, 3.05) is 26.2 Å². The third kappa shape index (κ3) is 3.59. The number of fused-ring (bicyclic) bond motifs is 1.